The van der Waals surface area contributed by atoms with Gasteiger partial charge in [0.2, 0.25) is 0 Å². The van der Waals surface area contributed by atoms with E-state index in [1.165, 1.54) is 77.3 Å². The van der Waals surface area contributed by atoms with Crippen molar-refractivity contribution in [3.05, 3.63) is 0 Å². The fourth-order valence-corrected chi connectivity index (χ4v) is 11.1. The largest absolute Gasteiger partial charge is 0.461 e. The molecule has 5 nitrogen and oxygen atoms in total. The lowest BCUT2D eigenvalue weighted by Crippen LogP contribution is -2.60. The van der Waals surface area contributed by atoms with Crippen molar-refractivity contribution in [2.45, 2.75) is 122 Å². The number of fused-ring (bicyclic) bond motifs is 5. The summed E-state index contributed by atoms with van der Waals surface area (Å²) in [7, 11) is 2.40. The lowest BCUT2D eigenvalue weighted by Gasteiger charge is -2.62. The molecule has 208 valence electrons. The Bertz CT molecular complexity index is 892. The fraction of sp³-hybridized carbons (Fsp3) is 0.938. The van der Waals surface area contributed by atoms with E-state index in [1.54, 1.807) is 6.92 Å². The summed E-state index contributed by atoms with van der Waals surface area (Å²) in [6, 6.07) is 0.605. The SMILES string of the molecule is CC(=O)O[C@@H]1C[C@H]2CC[C@H]3[C@@H](CC[C@@]4(C)C(=O)[C@H]([N+]5(C)CCCCC5)C[C@H]34)[C@]2(C)C[C@H]1N1CCCCC1. The number of piperidine rings is 2. The topological polar surface area (TPSA) is 46.6 Å². The predicted molar refractivity (Wildman–Crippen MR) is 146 cm³/mol. The first-order valence-electron chi connectivity index (χ1n) is 16.0. The summed E-state index contributed by atoms with van der Waals surface area (Å²) in [5, 5.41) is 0. The molecular weight excluding hydrogens is 460 g/mol. The molecule has 6 fully saturated rings. The number of ether oxygens (including phenoxy) is 1. The first-order chi connectivity index (χ1) is 17.7. The number of hydrogen-bond donors (Lipinski definition) is 0. The highest BCUT2D eigenvalue weighted by Gasteiger charge is 2.66. The molecule has 4 aliphatic carbocycles. The van der Waals surface area contributed by atoms with Gasteiger partial charge >= 0.3 is 5.97 Å². The fourth-order valence-electron chi connectivity index (χ4n) is 11.1. The Labute approximate surface area is 225 Å². The second kappa shape index (κ2) is 9.61. The molecule has 2 aliphatic heterocycles. The summed E-state index contributed by atoms with van der Waals surface area (Å²) in [4.78, 5) is 28.9. The monoisotopic (exact) mass is 513 g/mol. The summed E-state index contributed by atoms with van der Waals surface area (Å²) in [6.07, 6.45) is 16.0. The molecule has 0 N–H and O–H groups in total. The van der Waals surface area contributed by atoms with Gasteiger partial charge in [0.05, 0.1) is 20.1 Å². The van der Waals surface area contributed by atoms with Gasteiger partial charge in [-0.05, 0) is 113 Å². The third kappa shape index (κ3) is 4.24. The average Bonchev–Trinajstić information content (AvgIpc) is 3.16. The van der Waals surface area contributed by atoms with E-state index in [2.05, 4.69) is 25.8 Å². The van der Waals surface area contributed by atoms with Crippen molar-refractivity contribution in [3.8, 4) is 0 Å². The second-order valence-electron chi connectivity index (χ2n) is 15.0. The van der Waals surface area contributed by atoms with Crippen molar-refractivity contribution in [1.82, 2.24) is 4.90 Å². The van der Waals surface area contributed by atoms with E-state index in [4.69, 9.17) is 4.74 Å². The van der Waals surface area contributed by atoms with Gasteiger partial charge in [-0.3, -0.25) is 14.5 Å². The van der Waals surface area contributed by atoms with Gasteiger partial charge in [0.15, 0.2) is 5.78 Å². The number of likely N-dealkylation sites (N-methyl/N-ethyl adjacent to an activating group) is 1. The molecule has 0 amide bonds. The molecule has 6 rings (SSSR count). The van der Waals surface area contributed by atoms with Crippen LogP contribution in [0.5, 0.6) is 0 Å². The number of Topliss-reactive ketones (excluding diaryl/α,β-unsaturated/α-hetero) is 1. The van der Waals surface area contributed by atoms with Crippen LogP contribution in [-0.4, -0.2) is 72.5 Å². The average molecular weight is 514 g/mol. The smallest absolute Gasteiger partial charge is 0.302 e. The van der Waals surface area contributed by atoms with Crippen LogP contribution in [0.4, 0.5) is 0 Å². The molecule has 6 aliphatic rings. The van der Waals surface area contributed by atoms with E-state index < -0.39 is 0 Å². The van der Waals surface area contributed by atoms with Crippen LogP contribution in [0, 0.1) is 34.5 Å². The van der Waals surface area contributed by atoms with Crippen LogP contribution in [0.2, 0.25) is 0 Å². The van der Waals surface area contributed by atoms with Crippen LogP contribution in [0.1, 0.15) is 104 Å². The Balaban J connectivity index is 1.26. The predicted octanol–water partition coefficient (Wildman–Crippen LogP) is 5.60. The van der Waals surface area contributed by atoms with Crippen molar-refractivity contribution in [2.24, 2.45) is 34.5 Å². The molecule has 0 aromatic heterocycles. The van der Waals surface area contributed by atoms with Gasteiger partial charge in [0.25, 0.3) is 0 Å². The zero-order valence-electron chi connectivity index (χ0n) is 24.2. The Morgan fingerprint density at radius 3 is 2.35 bits per heavy atom. The molecule has 0 radical (unpaired) electrons. The van der Waals surface area contributed by atoms with E-state index >= 15 is 0 Å². The zero-order chi connectivity index (χ0) is 26.0. The number of ketones is 1. The van der Waals surface area contributed by atoms with Crippen molar-refractivity contribution < 1.29 is 18.8 Å². The Hall–Kier alpha value is -0.940. The van der Waals surface area contributed by atoms with Gasteiger partial charge in [-0.25, -0.2) is 0 Å². The number of rotatable bonds is 3. The Kier molecular flexibility index (Phi) is 6.83. The molecule has 4 saturated carbocycles. The summed E-state index contributed by atoms with van der Waals surface area (Å²) >= 11 is 0. The first-order valence-corrected chi connectivity index (χ1v) is 16.0. The molecule has 0 aromatic rings. The van der Waals surface area contributed by atoms with Crippen LogP contribution >= 0.6 is 0 Å². The number of likely N-dealkylation sites (tertiary alicyclic amines) is 2. The normalized spacial score (nSPS) is 48.0. The lowest BCUT2D eigenvalue weighted by atomic mass is 9.44. The summed E-state index contributed by atoms with van der Waals surface area (Å²) < 4.78 is 7.07. The first kappa shape index (κ1) is 26.3. The van der Waals surface area contributed by atoms with Crippen LogP contribution < -0.4 is 0 Å². The molecule has 9 atom stereocenters. The number of carbonyl (C=O) groups is 2. The third-order valence-electron chi connectivity index (χ3n) is 13.2. The van der Waals surface area contributed by atoms with Gasteiger partial charge in [-0.1, -0.05) is 20.3 Å². The van der Waals surface area contributed by atoms with Crippen LogP contribution in [-0.2, 0) is 14.3 Å². The maximum absolute atomic E-state index is 14.1. The van der Waals surface area contributed by atoms with E-state index in [-0.39, 0.29) is 23.5 Å². The second-order valence-corrected chi connectivity index (χ2v) is 15.0. The van der Waals surface area contributed by atoms with E-state index in [1.807, 2.05) is 0 Å². The minimum Gasteiger partial charge on any atom is -0.461 e. The lowest BCUT2D eigenvalue weighted by molar-refractivity contribution is -0.928. The Morgan fingerprint density at radius 2 is 1.65 bits per heavy atom. The zero-order valence-corrected chi connectivity index (χ0v) is 24.2. The summed E-state index contributed by atoms with van der Waals surface area (Å²) in [6.45, 7) is 11.3. The van der Waals surface area contributed by atoms with Crippen molar-refractivity contribution in [1.29, 1.82) is 0 Å². The standard InChI is InChI=1S/C32H53N2O3/c1-22(35)37-29-19-23-11-12-24-25(32(23,3)21-27(29)33-15-7-5-8-16-33)13-14-31(2)26(24)20-28(30(31)36)34(4)17-9-6-10-18-34/h23-29H,5-21H2,1-4H3/q+1/t23-,24+,25-,26-,27-,28-,29-,31-,32-/m1/s1. The van der Waals surface area contributed by atoms with Crippen LogP contribution in [0.25, 0.3) is 0 Å². The number of nitrogens with zero attached hydrogens (tertiary/aromatic N) is 2. The summed E-state index contributed by atoms with van der Waals surface area (Å²) in [5.74, 6) is 3.13. The Morgan fingerprint density at radius 1 is 0.946 bits per heavy atom. The molecule has 2 saturated heterocycles. The van der Waals surface area contributed by atoms with E-state index in [0.29, 0.717) is 40.9 Å². The quantitative estimate of drug-likeness (QED) is 0.364. The minimum absolute atomic E-state index is 0.0556. The molecular formula is C32H53N2O3+. The van der Waals surface area contributed by atoms with Crippen molar-refractivity contribution in [3.63, 3.8) is 0 Å². The number of carbonyl (C=O) groups excluding carboxylic acids is 2. The van der Waals surface area contributed by atoms with E-state index in [9.17, 15) is 9.59 Å². The van der Waals surface area contributed by atoms with Gasteiger partial charge in [0.1, 0.15) is 12.1 Å². The van der Waals surface area contributed by atoms with Crippen molar-refractivity contribution in [2.75, 3.05) is 33.2 Å². The molecule has 37 heavy (non-hydrogen) atoms. The molecule has 2 heterocycles. The van der Waals surface area contributed by atoms with Gasteiger partial charge < -0.3 is 9.22 Å². The highest BCUT2D eigenvalue weighted by molar-refractivity contribution is 5.91. The number of esters is 1. The molecule has 0 unspecified atom stereocenters. The number of quaternary nitrogens is 1. The summed E-state index contributed by atoms with van der Waals surface area (Å²) in [5.41, 5.74) is 0.197. The van der Waals surface area contributed by atoms with Gasteiger partial charge in [0, 0.05) is 24.8 Å². The highest BCUT2D eigenvalue weighted by Crippen LogP contribution is 2.66. The van der Waals surface area contributed by atoms with Gasteiger partial charge in [-0.15, -0.1) is 0 Å². The maximum Gasteiger partial charge on any atom is 0.302 e. The van der Waals surface area contributed by atoms with E-state index in [0.717, 1.165) is 36.8 Å². The molecule has 0 bridgehead atoms. The minimum atomic E-state index is -0.109. The molecule has 5 heteroatoms. The number of hydrogen-bond acceptors (Lipinski definition) is 4. The van der Waals surface area contributed by atoms with Crippen LogP contribution in [0.15, 0.2) is 0 Å². The van der Waals surface area contributed by atoms with Crippen molar-refractivity contribution >= 4 is 11.8 Å². The highest BCUT2D eigenvalue weighted by atomic mass is 16.5. The van der Waals surface area contributed by atoms with Gasteiger partial charge in [-0.2, -0.15) is 0 Å². The van der Waals surface area contributed by atoms with Crippen LogP contribution in [0.3, 0.4) is 0 Å². The molecule has 0 spiro atoms. The molecule has 0 aromatic carbocycles. The maximum atomic E-state index is 14.1. The third-order valence-corrected chi connectivity index (χ3v) is 13.2.